The topological polar surface area (TPSA) is 87.7 Å². The monoisotopic (exact) mass is 328 g/mol. The predicted molar refractivity (Wildman–Crippen MR) is 92.3 cm³/mol. The Labute approximate surface area is 140 Å². The molecule has 0 unspecified atom stereocenters. The number of carbonyl (C=O) groups excluding carboxylic acids is 2. The van der Waals surface area contributed by atoms with E-state index in [1.54, 1.807) is 37.3 Å². The van der Waals surface area contributed by atoms with Gasteiger partial charge in [-0.3, -0.25) is 0 Å². The highest BCUT2D eigenvalue weighted by atomic mass is 16.5. The van der Waals surface area contributed by atoms with Crippen molar-refractivity contribution in [3.05, 3.63) is 59.7 Å². The lowest BCUT2D eigenvalue weighted by molar-refractivity contribution is 0.0526. The largest absolute Gasteiger partial charge is 0.462 e. The number of ether oxygens (including phenoxy) is 1. The molecular weight excluding hydrogens is 308 g/mol. The Hall–Kier alpha value is -2.86. The van der Waals surface area contributed by atoms with Gasteiger partial charge in [0.05, 0.1) is 12.2 Å². The summed E-state index contributed by atoms with van der Waals surface area (Å²) in [5, 5.41) is 14.5. The Kier molecular flexibility index (Phi) is 6.33. The van der Waals surface area contributed by atoms with Crippen molar-refractivity contribution in [2.24, 2.45) is 0 Å². The fourth-order valence-electron chi connectivity index (χ4n) is 2.17. The lowest BCUT2D eigenvalue weighted by Crippen LogP contribution is -2.20. The van der Waals surface area contributed by atoms with E-state index < -0.39 is 12.0 Å². The molecule has 24 heavy (non-hydrogen) atoms. The van der Waals surface area contributed by atoms with Gasteiger partial charge in [-0.2, -0.15) is 0 Å². The summed E-state index contributed by atoms with van der Waals surface area (Å²) < 4.78 is 4.90. The van der Waals surface area contributed by atoms with Gasteiger partial charge in [0, 0.05) is 18.0 Å². The zero-order valence-electron chi connectivity index (χ0n) is 13.4. The summed E-state index contributed by atoms with van der Waals surface area (Å²) in [6, 6.07) is 13.3. The van der Waals surface area contributed by atoms with E-state index in [4.69, 9.17) is 9.84 Å². The number of hydrogen-bond acceptors (Lipinski definition) is 4. The Bertz CT molecular complexity index is 698. The number of benzene rings is 2. The smallest absolute Gasteiger partial charge is 0.338 e. The van der Waals surface area contributed by atoms with Crippen LogP contribution in [-0.2, 0) is 11.2 Å². The van der Waals surface area contributed by atoms with Gasteiger partial charge in [0.25, 0.3) is 0 Å². The Morgan fingerprint density at radius 1 is 1.04 bits per heavy atom. The molecule has 0 aliphatic heterocycles. The zero-order valence-corrected chi connectivity index (χ0v) is 13.4. The molecule has 0 saturated heterocycles. The van der Waals surface area contributed by atoms with Crippen LogP contribution in [0.5, 0.6) is 0 Å². The van der Waals surface area contributed by atoms with Crippen LogP contribution in [0.4, 0.5) is 16.2 Å². The molecule has 0 radical (unpaired) electrons. The number of rotatable bonds is 6. The van der Waals surface area contributed by atoms with E-state index in [9.17, 15) is 9.59 Å². The molecule has 0 bridgehead atoms. The van der Waals surface area contributed by atoms with Gasteiger partial charge >= 0.3 is 12.0 Å². The van der Waals surface area contributed by atoms with Gasteiger partial charge in [-0.15, -0.1) is 0 Å². The van der Waals surface area contributed by atoms with Crippen LogP contribution in [0, 0.1) is 0 Å². The average molecular weight is 328 g/mol. The highest BCUT2D eigenvalue weighted by Crippen LogP contribution is 2.16. The number of hydrogen-bond donors (Lipinski definition) is 3. The molecule has 2 aromatic rings. The first-order valence-electron chi connectivity index (χ1n) is 7.68. The number of para-hydroxylation sites is 1. The molecule has 126 valence electrons. The molecule has 0 aliphatic rings. The van der Waals surface area contributed by atoms with E-state index in [1.165, 1.54) is 0 Å². The molecule has 6 heteroatoms. The van der Waals surface area contributed by atoms with Gasteiger partial charge in [0.1, 0.15) is 0 Å². The number of aliphatic hydroxyl groups is 1. The van der Waals surface area contributed by atoms with E-state index in [0.717, 1.165) is 5.56 Å². The molecule has 2 aromatic carbocycles. The third-order valence-corrected chi connectivity index (χ3v) is 3.30. The lowest BCUT2D eigenvalue weighted by Gasteiger charge is -2.11. The normalized spacial score (nSPS) is 10.1. The van der Waals surface area contributed by atoms with Crippen molar-refractivity contribution < 1.29 is 19.4 Å². The van der Waals surface area contributed by atoms with Gasteiger partial charge in [-0.25, -0.2) is 9.59 Å². The molecule has 3 N–H and O–H groups in total. The second-order valence-electron chi connectivity index (χ2n) is 5.01. The van der Waals surface area contributed by atoms with E-state index in [2.05, 4.69) is 10.6 Å². The number of carbonyl (C=O) groups is 2. The Balaban J connectivity index is 1.99. The Morgan fingerprint density at radius 2 is 1.75 bits per heavy atom. The summed E-state index contributed by atoms with van der Waals surface area (Å²) in [5.74, 6) is -0.397. The van der Waals surface area contributed by atoms with Crippen LogP contribution in [0.25, 0.3) is 0 Å². The van der Waals surface area contributed by atoms with Crippen LogP contribution in [-0.4, -0.2) is 30.3 Å². The van der Waals surface area contributed by atoms with E-state index in [1.807, 2.05) is 18.2 Å². The minimum absolute atomic E-state index is 0.00956. The standard InChI is InChI=1S/C18H20N2O4/c1-2-24-17(22)14-7-9-15(10-8-14)19-18(23)20-16-6-4-3-5-13(16)11-12-21/h3-10,21H,2,11-12H2,1H3,(H2,19,20,23). The van der Waals surface area contributed by atoms with Gasteiger partial charge in [-0.1, -0.05) is 18.2 Å². The number of nitrogens with one attached hydrogen (secondary N) is 2. The number of urea groups is 1. The lowest BCUT2D eigenvalue weighted by atomic mass is 10.1. The second kappa shape index (κ2) is 8.69. The molecule has 6 nitrogen and oxygen atoms in total. The minimum Gasteiger partial charge on any atom is -0.462 e. The van der Waals surface area contributed by atoms with Crippen LogP contribution in [0.15, 0.2) is 48.5 Å². The van der Waals surface area contributed by atoms with Crippen molar-refractivity contribution in [1.29, 1.82) is 0 Å². The quantitative estimate of drug-likeness (QED) is 0.711. The second-order valence-corrected chi connectivity index (χ2v) is 5.01. The van der Waals surface area contributed by atoms with Gasteiger partial charge in [0.15, 0.2) is 0 Å². The highest BCUT2D eigenvalue weighted by molar-refractivity contribution is 6.00. The van der Waals surface area contributed by atoms with Crippen molar-refractivity contribution in [3.8, 4) is 0 Å². The molecule has 0 atom stereocenters. The minimum atomic E-state index is -0.399. The number of amides is 2. The fraction of sp³-hybridized carbons (Fsp3) is 0.222. The number of esters is 1. The fourth-order valence-corrected chi connectivity index (χ4v) is 2.17. The van der Waals surface area contributed by atoms with E-state index >= 15 is 0 Å². The first-order chi connectivity index (χ1) is 11.6. The molecule has 0 saturated carbocycles. The maximum absolute atomic E-state index is 12.1. The van der Waals surface area contributed by atoms with Crippen LogP contribution in [0.3, 0.4) is 0 Å². The summed E-state index contributed by atoms with van der Waals surface area (Å²) >= 11 is 0. The summed E-state index contributed by atoms with van der Waals surface area (Å²) in [4.78, 5) is 23.7. The van der Waals surface area contributed by atoms with Crippen molar-refractivity contribution >= 4 is 23.4 Å². The van der Waals surface area contributed by atoms with E-state index in [0.29, 0.717) is 30.0 Å². The van der Waals surface area contributed by atoms with Crippen LogP contribution in [0.2, 0.25) is 0 Å². The SMILES string of the molecule is CCOC(=O)c1ccc(NC(=O)Nc2ccccc2CCO)cc1. The Morgan fingerprint density at radius 3 is 2.42 bits per heavy atom. The third kappa shape index (κ3) is 4.82. The summed E-state index contributed by atoms with van der Waals surface area (Å²) in [6.45, 7) is 2.07. The molecule has 0 aromatic heterocycles. The maximum atomic E-state index is 12.1. The first kappa shape index (κ1) is 17.5. The summed E-state index contributed by atoms with van der Waals surface area (Å²) in [5.41, 5.74) is 2.48. The molecule has 0 spiro atoms. The number of anilines is 2. The van der Waals surface area contributed by atoms with Crippen LogP contribution in [0.1, 0.15) is 22.8 Å². The van der Waals surface area contributed by atoms with Crippen LogP contribution >= 0.6 is 0 Å². The van der Waals surface area contributed by atoms with E-state index in [-0.39, 0.29) is 6.61 Å². The van der Waals surface area contributed by atoms with Crippen molar-refractivity contribution in [1.82, 2.24) is 0 Å². The average Bonchev–Trinajstić information content (AvgIpc) is 2.58. The summed E-state index contributed by atoms with van der Waals surface area (Å²) in [6.07, 6.45) is 0.463. The van der Waals surface area contributed by atoms with Crippen molar-refractivity contribution in [2.45, 2.75) is 13.3 Å². The van der Waals surface area contributed by atoms with Gasteiger partial charge in [0.2, 0.25) is 0 Å². The zero-order chi connectivity index (χ0) is 17.4. The molecule has 2 rings (SSSR count). The maximum Gasteiger partial charge on any atom is 0.338 e. The van der Waals surface area contributed by atoms with Crippen molar-refractivity contribution in [3.63, 3.8) is 0 Å². The predicted octanol–water partition coefficient (Wildman–Crippen LogP) is 3.04. The molecular formula is C18H20N2O4. The highest BCUT2D eigenvalue weighted by Gasteiger charge is 2.08. The van der Waals surface area contributed by atoms with Crippen LogP contribution < -0.4 is 10.6 Å². The van der Waals surface area contributed by atoms with Crippen molar-refractivity contribution in [2.75, 3.05) is 23.8 Å². The third-order valence-electron chi connectivity index (χ3n) is 3.30. The molecule has 0 aliphatic carbocycles. The van der Waals surface area contributed by atoms with Gasteiger partial charge in [-0.05, 0) is 49.2 Å². The van der Waals surface area contributed by atoms with Gasteiger partial charge < -0.3 is 20.5 Å². The first-order valence-corrected chi connectivity index (χ1v) is 7.68. The molecule has 2 amide bonds. The number of aliphatic hydroxyl groups excluding tert-OH is 1. The molecule has 0 heterocycles. The molecule has 0 fully saturated rings. The summed E-state index contributed by atoms with van der Waals surface area (Å²) in [7, 11) is 0.